The van der Waals surface area contributed by atoms with E-state index in [0.717, 1.165) is 6.42 Å². The molecule has 4 rings (SSSR count). The number of para-hydroxylation sites is 1. The van der Waals surface area contributed by atoms with Crippen molar-refractivity contribution in [3.8, 4) is 11.1 Å². The predicted molar refractivity (Wildman–Crippen MR) is 94.6 cm³/mol. The number of nitrogens with one attached hydrogen (secondary N) is 1. The molecule has 108 valence electrons. The molecule has 1 heterocycles. The molecule has 0 radical (unpaired) electrons. The molecule has 0 saturated carbocycles. The molecule has 1 unspecified atom stereocenters. The average Bonchev–Trinajstić information content (AvgIpc) is 3.00. The number of aromatic amines is 1. The summed E-state index contributed by atoms with van der Waals surface area (Å²) in [7, 11) is 0. The standard InChI is InChI=1S/C21H19N/c1-15-6-2-3-7-18(15)16-10-12-17(13-11-16)20-14-22-21-9-5-4-8-19(20)21/h2-5,7-15,22H,6H2,1H3. The first-order chi connectivity index (χ1) is 10.8. The van der Waals surface area contributed by atoms with Crippen molar-refractivity contribution in [3.05, 3.63) is 78.5 Å². The molecule has 1 nitrogen and oxygen atoms in total. The third-order valence-electron chi connectivity index (χ3n) is 4.55. The Kier molecular flexibility index (Phi) is 3.19. The minimum atomic E-state index is 0.601. The zero-order chi connectivity index (χ0) is 14.9. The molecule has 2 aromatic carbocycles. The van der Waals surface area contributed by atoms with Gasteiger partial charge in [-0.1, -0.05) is 67.6 Å². The maximum absolute atomic E-state index is 3.35. The third-order valence-corrected chi connectivity index (χ3v) is 4.55. The number of fused-ring (bicyclic) bond motifs is 1. The van der Waals surface area contributed by atoms with E-state index in [2.05, 4.69) is 84.9 Å². The van der Waals surface area contributed by atoms with Gasteiger partial charge < -0.3 is 4.98 Å². The van der Waals surface area contributed by atoms with Crippen molar-refractivity contribution >= 4 is 16.5 Å². The number of aromatic nitrogens is 1. The van der Waals surface area contributed by atoms with Crippen molar-refractivity contribution < 1.29 is 0 Å². The van der Waals surface area contributed by atoms with E-state index in [1.807, 2.05) is 0 Å². The summed E-state index contributed by atoms with van der Waals surface area (Å²) in [5.74, 6) is 0.601. The Morgan fingerprint density at radius 1 is 0.955 bits per heavy atom. The van der Waals surface area contributed by atoms with E-state index >= 15 is 0 Å². The van der Waals surface area contributed by atoms with Crippen LogP contribution >= 0.6 is 0 Å². The summed E-state index contributed by atoms with van der Waals surface area (Å²) >= 11 is 0. The molecule has 1 aliphatic rings. The van der Waals surface area contributed by atoms with Gasteiger partial charge in [-0.25, -0.2) is 0 Å². The fourth-order valence-corrected chi connectivity index (χ4v) is 3.28. The van der Waals surface area contributed by atoms with Gasteiger partial charge in [0.25, 0.3) is 0 Å². The van der Waals surface area contributed by atoms with E-state index in [4.69, 9.17) is 0 Å². The molecule has 0 spiro atoms. The topological polar surface area (TPSA) is 15.8 Å². The molecular formula is C21H19N. The predicted octanol–water partition coefficient (Wildman–Crippen LogP) is 5.81. The molecule has 1 aliphatic carbocycles. The first kappa shape index (κ1) is 13.1. The second kappa shape index (κ2) is 5.34. The lowest BCUT2D eigenvalue weighted by atomic mass is 9.87. The van der Waals surface area contributed by atoms with Gasteiger partial charge in [0.1, 0.15) is 0 Å². The minimum Gasteiger partial charge on any atom is -0.361 e. The van der Waals surface area contributed by atoms with Crippen LogP contribution < -0.4 is 0 Å². The molecular weight excluding hydrogens is 266 g/mol. The minimum absolute atomic E-state index is 0.601. The van der Waals surface area contributed by atoms with Crippen LogP contribution in [0.1, 0.15) is 18.9 Å². The Labute approximate surface area is 131 Å². The second-order valence-electron chi connectivity index (χ2n) is 6.01. The largest absolute Gasteiger partial charge is 0.361 e. The van der Waals surface area contributed by atoms with Crippen LogP contribution in [0.25, 0.3) is 27.6 Å². The van der Waals surface area contributed by atoms with Crippen LogP contribution in [0.2, 0.25) is 0 Å². The van der Waals surface area contributed by atoms with Gasteiger partial charge in [0.15, 0.2) is 0 Å². The number of hydrogen-bond acceptors (Lipinski definition) is 0. The summed E-state index contributed by atoms with van der Waals surface area (Å²) in [6.45, 7) is 2.29. The smallest absolute Gasteiger partial charge is 0.0460 e. The molecule has 0 amide bonds. The van der Waals surface area contributed by atoms with Gasteiger partial charge in [0, 0.05) is 22.7 Å². The number of H-pyrrole nitrogens is 1. The fourth-order valence-electron chi connectivity index (χ4n) is 3.28. The fraction of sp³-hybridized carbons (Fsp3) is 0.143. The lowest BCUT2D eigenvalue weighted by Gasteiger charge is -2.17. The maximum Gasteiger partial charge on any atom is 0.0460 e. The second-order valence-corrected chi connectivity index (χ2v) is 6.01. The number of rotatable bonds is 2. The zero-order valence-corrected chi connectivity index (χ0v) is 12.7. The Morgan fingerprint density at radius 3 is 2.55 bits per heavy atom. The lowest BCUT2D eigenvalue weighted by Crippen LogP contribution is -2.00. The van der Waals surface area contributed by atoms with Gasteiger partial charge in [-0.2, -0.15) is 0 Å². The summed E-state index contributed by atoms with van der Waals surface area (Å²) in [5, 5.41) is 1.28. The van der Waals surface area contributed by atoms with Gasteiger partial charge in [-0.3, -0.25) is 0 Å². The van der Waals surface area contributed by atoms with E-state index in [1.54, 1.807) is 0 Å². The van der Waals surface area contributed by atoms with Crippen LogP contribution in [-0.2, 0) is 0 Å². The van der Waals surface area contributed by atoms with Crippen molar-refractivity contribution in [2.75, 3.05) is 0 Å². The Morgan fingerprint density at radius 2 is 1.73 bits per heavy atom. The monoisotopic (exact) mass is 285 g/mol. The highest BCUT2D eigenvalue weighted by molar-refractivity contribution is 5.95. The van der Waals surface area contributed by atoms with Crippen molar-refractivity contribution in [2.45, 2.75) is 13.3 Å². The quantitative estimate of drug-likeness (QED) is 0.611. The Bertz CT molecular complexity index is 862. The molecule has 0 fully saturated rings. The number of benzene rings is 2. The van der Waals surface area contributed by atoms with Crippen LogP contribution in [0.4, 0.5) is 0 Å². The van der Waals surface area contributed by atoms with Crippen molar-refractivity contribution in [1.29, 1.82) is 0 Å². The molecule has 1 atom stereocenters. The molecule has 0 bridgehead atoms. The molecule has 0 saturated heterocycles. The van der Waals surface area contributed by atoms with E-state index < -0.39 is 0 Å². The van der Waals surface area contributed by atoms with Crippen LogP contribution in [0.3, 0.4) is 0 Å². The van der Waals surface area contributed by atoms with Crippen LogP contribution in [0.5, 0.6) is 0 Å². The van der Waals surface area contributed by atoms with E-state index in [-0.39, 0.29) is 0 Å². The van der Waals surface area contributed by atoms with Gasteiger partial charge in [-0.15, -0.1) is 0 Å². The molecule has 1 heteroatoms. The average molecular weight is 285 g/mol. The number of hydrogen-bond donors (Lipinski definition) is 1. The highest BCUT2D eigenvalue weighted by Gasteiger charge is 2.12. The first-order valence-electron chi connectivity index (χ1n) is 7.86. The van der Waals surface area contributed by atoms with Crippen molar-refractivity contribution in [3.63, 3.8) is 0 Å². The first-order valence-corrected chi connectivity index (χ1v) is 7.86. The van der Waals surface area contributed by atoms with Gasteiger partial charge in [0.05, 0.1) is 0 Å². The van der Waals surface area contributed by atoms with E-state index in [1.165, 1.54) is 33.2 Å². The highest BCUT2D eigenvalue weighted by atomic mass is 14.7. The molecule has 22 heavy (non-hydrogen) atoms. The van der Waals surface area contributed by atoms with E-state index in [0.29, 0.717) is 5.92 Å². The summed E-state index contributed by atoms with van der Waals surface area (Å²) in [6, 6.07) is 17.4. The third kappa shape index (κ3) is 2.19. The van der Waals surface area contributed by atoms with Crippen molar-refractivity contribution in [1.82, 2.24) is 4.98 Å². The summed E-state index contributed by atoms with van der Waals surface area (Å²) in [6.07, 6.45) is 9.90. The van der Waals surface area contributed by atoms with Crippen LogP contribution in [-0.4, -0.2) is 4.98 Å². The molecule has 0 aliphatic heterocycles. The summed E-state index contributed by atoms with van der Waals surface area (Å²) in [4.78, 5) is 3.35. The SMILES string of the molecule is CC1CC=CC=C1c1ccc(-c2c[nH]c3ccccc23)cc1. The van der Waals surface area contributed by atoms with Gasteiger partial charge in [-0.05, 0) is 35.1 Å². The number of allylic oxidation sites excluding steroid dienone is 4. The van der Waals surface area contributed by atoms with Crippen molar-refractivity contribution in [2.24, 2.45) is 5.92 Å². The van der Waals surface area contributed by atoms with Crippen LogP contribution in [0, 0.1) is 5.92 Å². The normalized spacial score (nSPS) is 17.7. The van der Waals surface area contributed by atoms with Gasteiger partial charge >= 0.3 is 0 Å². The lowest BCUT2D eigenvalue weighted by molar-refractivity contribution is 0.758. The highest BCUT2D eigenvalue weighted by Crippen LogP contribution is 2.32. The molecule has 3 aromatic rings. The molecule has 1 aromatic heterocycles. The summed E-state index contributed by atoms with van der Waals surface area (Å²) < 4.78 is 0. The van der Waals surface area contributed by atoms with Crippen LogP contribution in [0.15, 0.2) is 73.0 Å². The summed E-state index contributed by atoms with van der Waals surface area (Å²) in [5.41, 5.74) is 6.50. The van der Waals surface area contributed by atoms with E-state index in [9.17, 15) is 0 Å². The van der Waals surface area contributed by atoms with Gasteiger partial charge in [0.2, 0.25) is 0 Å². The molecule has 1 N–H and O–H groups in total. The maximum atomic E-state index is 3.35. The Hall–Kier alpha value is -2.54. The Balaban J connectivity index is 1.73. The zero-order valence-electron chi connectivity index (χ0n) is 12.7.